The first-order chi connectivity index (χ1) is 15.2. The number of aliphatic hydroxyl groups is 1. The maximum atomic E-state index is 13.4. The van der Waals surface area contributed by atoms with Crippen LogP contribution >= 0.6 is 23.2 Å². The van der Waals surface area contributed by atoms with Crippen molar-refractivity contribution in [1.29, 1.82) is 0 Å². The molecule has 2 N–H and O–H groups in total. The van der Waals surface area contributed by atoms with Gasteiger partial charge in [0.25, 0.3) is 0 Å². The molecule has 0 aromatic heterocycles. The molecule has 10 heteroatoms. The fraction of sp³-hybridized carbons (Fsp3) is 0.136. The molecule has 2 aliphatic heterocycles. The number of anilines is 1. The van der Waals surface area contributed by atoms with Crippen molar-refractivity contribution in [3.8, 4) is 0 Å². The Balaban J connectivity index is 1.65. The number of allylic oxidation sites excluding steroid dienone is 1. The monoisotopic (exact) mass is 470 g/mol. The first kappa shape index (κ1) is 20.4. The number of carbonyl (C=O) groups excluding carboxylic acids is 3. The van der Waals surface area contributed by atoms with Gasteiger partial charge in [-0.2, -0.15) is 0 Å². The highest BCUT2D eigenvalue weighted by Gasteiger charge is 2.61. The number of carboxylic acids is 1. The fourth-order valence-electron chi connectivity index (χ4n) is 4.44. The number of carbonyl (C=O) groups is 4. The summed E-state index contributed by atoms with van der Waals surface area (Å²) in [5, 5.41) is 20.7. The molecule has 3 aliphatic rings. The van der Waals surface area contributed by atoms with Crippen LogP contribution in [0.1, 0.15) is 15.9 Å². The zero-order valence-corrected chi connectivity index (χ0v) is 17.5. The molecule has 32 heavy (non-hydrogen) atoms. The highest BCUT2D eigenvalue weighted by Crippen LogP contribution is 2.45. The Bertz CT molecular complexity index is 1330. The van der Waals surface area contributed by atoms with Crippen LogP contribution in [0.2, 0.25) is 10.0 Å². The molecule has 2 heterocycles. The largest absolute Gasteiger partial charge is 0.506 e. The molecule has 1 aliphatic carbocycles. The molecular formula is C22H12Cl2N2O6. The van der Waals surface area contributed by atoms with Crippen LogP contribution in [0.4, 0.5) is 5.69 Å². The summed E-state index contributed by atoms with van der Waals surface area (Å²) in [6.07, 6.45) is 0. The van der Waals surface area contributed by atoms with Crippen LogP contribution in [0.25, 0.3) is 5.76 Å². The average molecular weight is 471 g/mol. The summed E-state index contributed by atoms with van der Waals surface area (Å²) in [6, 6.07) is 8.83. The van der Waals surface area contributed by atoms with E-state index in [2.05, 4.69) is 4.99 Å². The number of carboxylic acid groups (broad SMARTS) is 1. The van der Waals surface area contributed by atoms with Crippen LogP contribution in [0.5, 0.6) is 0 Å². The summed E-state index contributed by atoms with van der Waals surface area (Å²) in [5.74, 6) is -6.75. The summed E-state index contributed by atoms with van der Waals surface area (Å²) >= 11 is 12.1. The number of benzene rings is 2. The van der Waals surface area contributed by atoms with Crippen LogP contribution in [0, 0.1) is 11.8 Å². The van der Waals surface area contributed by atoms with Gasteiger partial charge in [-0.05, 0) is 18.2 Å². The lowest BCUT2D eigenvalue weighted by atomic mass is 9.85. The molecule has 160 valence electrons. The number of nitrogens with zero attached hydrogens (tertiary/aromatic N) is 2. The van der Waals surface area contributed by atoms with Crippen molar-refractivity contribution in [1.82, 2.24) is 0 Å². The number of hydrogen-bond acceptors (Lipinski definition) is 6. The smallest absolute Gasteiger partial charge is 0.329 e. The molecule has 3 atom stereocenters. The second kappa shape index (κ2) is 7.01. The van der Waals surface area contributed by atoms with Gasteiger partial charge in [0.2, 0.25) is 11.8 Å². The molecule has 1 saturated heterocycles. The number of Topliss-reactive ketones (excluding diaryl/α,β-unsaturated/α-hetero) is 1. The third-order valence-electron chi connectivity index (χ3n) is 5.81. The van der Waals surface area contributed by atoms with Gasteiger partial charge < -0.3 is 10.2 Å². The lowest BCUT2D eigenvalue weighted by Gasteiger charge is -2.18. The Labute approximate surface area is 190 Å². The Morgan fingerprint density at radius 1 is 1.00 bits per heavy atom. The average Bonchev–Trinajstić information content (AvgIpc) is 3.34. The van der Waals surface area contributed by atoms with Crippen molar-refractivity contribution < 1.29 is 29.4 Å². The molecule has 5 rings (SSSR count). The van der Waals surface area contributed by atoms with Crippen molar-refractivity contribution in [2.24, 2.45) is 16.8 Å². The van der Waals surface area contributed by atoms with Gasteiger partial charge in [-0.1, -0.05) is 47.5 Å². The van der Waals surface area contributed by atoms with E-state index in [-0.39, 0.29) is 38.1 Å². The summed E-state index contributed by atoms with van der Waals surface area (Å²) in [4.78, 5) is 56.3. The van der Waals surface area contributed by atoms with Gasteiger partial charge >= 0.3 is 5.97 Å². The molecule has 1 fully saturated rings. The number of aliphatic imine (C=N–C) groups is 1. The van der Waals surface area contributed by atoms with E-state index in [0.717, 1.165) is 4.90 Å². The number of aliphatic hydroxyl groups excluding tert-OH is 1. The number of amides is 2. The third-order valence-corrected chi connectivity index (χ3v) is 6.35. The lowest BCUT2D eigenvalue weighted by Crippen LogP contribution is -2.36. The number of ketones is 1. The van der Waals surface area contributed by atoms with E-state index in [0.29, 0.717) is 0 Å². The topological polar surface area (TPSA) is 124 Å². The maximum absolute atomic E-state index is 13.4. The minimum absolute atomic E-state index is 0.0240. The Morgan fingerprint density at radius 2 is 1.69 bits per heavy atom. The molecular weight excluding hydrogens is 459 g/mol. The number of imide groups is 1. The van der Waals surface area contributed by atoms with Gasteiger partial charge in [0.1, 0.15) is 5.76 Å². The molecule has 0 unspecified atom stereocenters. The van der Waals surface area contributed by atoms with Crippen molar-refractivity contribution in [2.75, 3.05) is 4.90 Å². The SMILES string of the molecule is O=C1C(C2=N[C@H](C(=O)O)[C@H]3C(=O)N(c4ccc(Cl)cc4Cl)C(=O)[C@@H]23)=C(O)c2ccccc21. The standard InChI is InChI=1S/C22H12Cl2N2O6/c23-8-5-6-12(11(24)7-8)26-20(29)13-14(21(26)30)17(22(31)32)25-16(13)15-18(27)9-3-1-2-4-10(9)19(15)28/h1-7,13-14,17,27H,(H,31,32)/t13-,14+,17+/m1/s1. The van der Waals surface area contributed by atoms with Gasteiger partial charge in [0.05, 0.1) is 33.8 Å². The highest BCUT2D eigenvalue weighted by molar-refractivity contribution is 6.44. The fourth-order valence-corrected chi connectivity index (χ4v) is 4.93. The third kappa shape index (κ3) is 2.66. The minimum Gasteiger partial charge on any atom is -0.506 e. The number of halogens is 2. The second-order valence-corrected chi connectivity index (χ2v) is 8.35. The van der Waals surface area contributed by atoms with Gasteiger partial charge in [0.15, 0.2) is 11.8 Å². The molecule has 0 radical (unpaired) electrons. The van der Waals surface area contributed by atoms with Crippen LogP contribution < -0.4 is 4.90 Å². The normalized spacial score (nSPS) is 24.2. The van der Waals surface area contributed by atoms with Crippen molar-refractivity contribution >= 4 is 63.9 Å². The second-order valence-electron chi connectivity index (χ2n) is 7.51. The summed E-state index contributed by atoms with van der Waals surface area (Å²) in [7, 11) is 0. The van der Waals surface area contributed by atoms with Gasteiger partial charge in [-0.15, -0.1) is 0 Å². The van der Waals surface area contributed by atoms with E-state index in [4.69, 9.17) is 23.2 Å². The molecule has 0 saturated carbocycles. The Hall–Kier alpha value is -3.49. The predicted molar refractivity (Wildman–Crippen MR) is 115 cm³/mol. The molecule has 2 amide bonds. The lowest BCUT2D eigenvalue weighted by molar-refractivity contribution is -0.141. The van der Waals surface area contributed by atoms with E-state index in [9.17, 15) is 29.4 Å². The van der Waals surface area contributed by atoms with Crippen molar-refractivity contribution in [2.45, 2.75) is 6.04 Å². The molecule has 0 bridgehead atoms. The Kier molecular flexibility index (Phi) is 4.47. The first-order valence-corrected chi connectivity index (χ1v) is 10.2. The van der Waals surface area contributed by atoms with Crippen molar-refractivity contribution in [3.05, 3.63) is 69.2 Å². The van der Waals surface area contributed by atoms with Gasteiger partial charge in [-0.25, -0.2) is 9.69 Å². The summed E-state index contributed by atoms with van der Waals surface area (Å²) in [6.45, 7) is 0. The Morgan fingerprint density at radius 3 is 2.31 bits per heavy atom. The van der Waals surface area contributed by atoms with Crippen LogP contribution in [0.3, 0.4) is 0 Å². The molecule has 0 spiro atoms. The van der Waals surface area contributed by atoms with Crippen molar-refractivity contribution in [3.63, 3.8) is 0 Å². The zero-order chi connectivity index (χ0) is 22.9. The number of fused-ring (bicyclic) bond motifs is 2. The zero-order valence-electron chi connectivity index (χ0n) is 16.0. The van der Waals surface area contributed by atoms with Crippen LogP contribution in [-0.2, 0) is 14.4 Å². The predicted octanol–water partition coefficient (Wildman–Crippen LogP) is 3.17. The molecule has 8 nitrogen and oxygen atoms in total. The molecule has 2 aromatic rings. The number of rotatable bonds is 3. The van der Waals surface area contributed by atoms with E-state index in [1.54, 1.807) is 12.1 Å². The maximum Gasteiger partial charge on any atom is 0.329 e. The van der Waals surface area contributed by atoms with Crippen LogP contribution in [0.15, 0.2) is 53.0 Å². The van der Waals surface area contributed by atoms with Gasteiger partial charge in [-0.3, -0.25) is 19.4 Å². The van der Waals surface area contributed by atoms with E-state index in [1.165, 1.54) is 30.3 Å². The minimum atomic E-state index is -1.60. The summed E-state index contributed by atoms with van der Waals surface area (Å²) in [5.41, 5.74) is 0.0117. The highest BCUT2D eigenvalue weighted by atomic mass is 35.5. The van der Waals surface area contributed by atoms with Crippen LogP contribution in [-0.4, -0.2) is 45.5 Å². The quantitative estimate of drug-likeness (QED) is 0.663. The number of aliphatic carboxylic acids is 1. The molecule has 2 aromatic carbocycles. The van der Waals surface area contributed by atoms with E-state index in [1.807, 2.05) is 0 Å². The summed E-state index contributed by atoms with van der Waals surface area (Å²) < 4.78 is 0. The van der Waals surface area contributed by atoms with E-state index >= 15 is 0 Å². The van der Waals surface area contributed by atoms with E-state index < -0.39 is 47.2 Å². The number of hydrogen-bond donors (Lipinski definition) is 2. The van der Waals surface area contributed by atoms with Gasteiger partial charge in [0, 0.05) is 16.1 Å². The first-order valence-electron chi connectivity index (χ1n) is 9.43.